The van der Waals surface area contributed by atoms with Crippen LogP contribution in [0.1, 0.15) is 5.56 Å². The van der Waals surface area contributed by atoms with Crippen LogP contribution in [0, 0.1) is 6.92 Å². The van der Waals surface area contributed by atoms with Crippen molar-refractivity contribution >= 4 is 0 Å². The van der Waals surface area contributed by atoms with Crippen molar-refractivity contribution in [3.8, 4) is 22.7 Å². The van der Waals surface area contributed by atoms with E-state index in [0.717, 1.165) is 16.8 Å². The maximum Gasteiger partial charge on any atom is 0.226 e. The first-order valence-corrected chi connectivity index (χ1v) is 7.91. The van der Waals surface area contributed by atoms with Crippen LogP contribution in [-0.2, 0) is 0 Å². The zero-order chi connectivity index (χ0) is 16.6. The molecule has 24 heavy (non-hydrogen) atoms. The second-order valence-corrected chi connectivity index (χ2v) is 5.42. The summed E-state index contributed by atoms with van der Waals surface area (Å²) in [5.41, 5.74) is 4.25. The lowest BCUT2D eigenvalue weighted by molar-refractivity contribution is 0.575. The van der Waals surface area contributed by atoms with Crippen molar-refractivity contribution in [3.05, 3.63) is 103 Å². The molecule has 0 saturated heterocycles. The molecule has 2 nitrogen and oxygen atoms in total. The Labute approximate surface area is 142 Å². The van der Waals surface area contributed by atoms with E-state index >= 15 is 0 Å². The molecule has 0 N–H and O–H groups in total. The number of aryl methyl sites for hydroxylation is 1. The van der Waals surface area contributed by atoms with Gasteiger partial charge in [0.2, 0.25) is 5.89 Å². The quantitative estimate of drug-likeness (QED) is 0.453. The number of aromatic nitrogens is 1. The van der Waals surface area contributed by atoms with Crippen LogP contribution >= 0.6 is 0 Å². The van der Waals surface area contributed by atoms with Crippen molar-refractivity contribution in [1.82, 2.24) is 4.98 Å². The van der Waals surface area contributed by atoms with Gasteiger partial charge in [0.1, 0.15) is 12.0 Å². The zero-order valence-corrected chi connectivity index (χ0v) is 13.6. The van der Waals surface area contributed by atoms with Crippen LogP contribution in [0.5, 0.6) is 0 Å². The molecule has 0 spiro atoms. The Morgan fingerprint density at radius 1 is 0.625 bits per heavy atom. The lowest BCUT2D eigenvalue weighted by atomic mass is 10.2. The lowest BCUT2D eigenvalue weighted by Crippen LogP contribution is -1.78. The molecule has 0 bridgehead atoms. The van der Waals surface area contributed by atoms with Crippen molar-refractivity contribution in [2.45, 2.75) is 6.92 Å². The molecule has 0 atom stereocenters. The summed E-state index contributed by atoms with van der Waals surface area (Å²) in [7, 11) is 0. The highest BCUT2D eigenvalue weighted by Crippen LogP contribution is 2.23. The van der Waals surface area contributed by atoms with Crippen molar-refractivity contribution in [3.63, 3.8) is 0 Å². The molecule has 0 aliphatic carbocycles. The van der Waals surface area contributed by atoms with Crippen LogP contribution in [0.2, 0.25) is 0 Å². The van der Waals surface area contributed by atoms with Gasteiger partial charge in [0.15, 0.2) is 0 Å². The first-order chi connectivity index (χ1) is 11.8. The fraction of sp³-hybridized carbons (Fsp3) is 0.0455. The largest absolute Gasteiger partial charge is 0.444 e. The minimum atomic E-state index is 0.657. The van der Waals surface area contributed by atoms with Crippen LogP contribution in [0.15, 0.2) is 102 Å². The molecule has 0 amide bonds. The molecule has 3 aromatic carbocycles. The molecule has 4 aromatic rings. The normalized spacial score (nSPS) is 9.88. The fourth-order valence-corrected chi connectivity index (χ4v) is 2.26. The van der Waals surface area contributed by atoms with E-state index in [-0.39, 0.29) is 0 Å². The maximum absolute atomic E-state index is 5.49. The Morgan fingerprint density at radius 2 is 1.12 bits per heavy atom. The van der Waals surface area contributed by atoms with Crippen LogP contribution in [0.3, 0.4) is 0 Å². The molecule has 118 valence electrons. The SMILES string of the molecule is Cc1ccccc1.c1ccc(-c2coc(-c3ccccc3)n2)cc1. The topological polar surface area (TPSA) is 26.0 Å². The van der Waals surface area contributed by atoms with Gasteiger partial charge in [-0.2, -0.15) is 0 Å². The predicted octanol–water partition coefficient (Wildman–Crippen LogP) is 6.00. The third kappa shape index (κ3) is 4.20. The van der Waals surface area contributed by atoms with Crippen molar-refractivity contribution < 1.29 is 4.42 Å². The Bertz CT molecular complexity index is 798. The van der Waals surface area contributed by atoms with E-state index in [2.05, 4.69) is 24.0 Å². The van der Waals surface area contributed by atoms with E-state index in [9.17, 15) is 0 Å². The van der Waals surface area contributed by atoms with E-state index in [1.54, 1.807) is 6.26 Å². The Balaban J connectivity index is 0.000000203. The standard InChI is InChI=1S/C15H11NO.C7H8/c1-3-7-12(8-4-1)14-11-17-15(16-14)13-9-5-2-6-10-13;1-7-5-3-2-4-6-7/h1-11H;2-6H,1H3. The van der Waals surface area contributed by atoms with Crippen molar-refractivity contribution in [1.29, 1.82) is 0 Å². The Morgan fingerprint density at radius 3 is 1.62 bits per heavy atom. The van der Waals surface area contributed by atoms with E-state index in [0.29, 0.717) is 5.89 Å². The summed E-state index contributed by atoms with van der Waals surface area (Å²) in [4.78, 5) is 4.48. The highest BCUT2D eigenvalue weighted by Gasteiger charge is 2.06. The number of benzene rings is 3. The molecular weight excluding hydrogens is 294 g/mol. The second kappa shape index (κ2) is 7.93. The van der Waals surface area contributed by atoms with Gasteiger partial charge in [0, 0.05) is 11.1 Å². The molecule has 0 saturated carbocycles. The number of hydrogen-bond donors (Lipinski definition) is 0. The average molecular weight is 313 g/mol. The van der Waals surface area contributed by atoms with Crippen LogP contribution < -0.4 is 0 Å². The van der Waals surface area contributed by atoms with E-state index in [1.165, 1.54) is 5.56 Å². The van der Waals surface area contributed by atoms with Gasteiger partial charge in [-0.05, 0) is 19.1 Å². The van der Waals surface area contributed by atoms with Gasteiger partial charge >= 0.3 is 0 Å². The summed E-state index contributed by atoms with van der Waals surface area (Å²) in [5.74, 6) is 0.657. The smallest absolute Gasteiger partial charge is 0.226 e. The highest BCUT2D eigenvalue weighted by atomic mass is 16.3. The third-order valence-corrected chi connectivity index (χ3v) is 3.53. The molecule has 1 heterocycles. The minimum Gasteiger partial charge on any atom is -0.444 e. The van der Waals surface area contributed by atoms with Crippen LogP contribution in [0.4, 0.5) is 0 Å². The second-order valence-electron chi connectivity index (χ2n) is 5.42. The summed E-state index contributed by atoms with van der Waals surface area (Å²) in [6, 6.07) is 30.2. The summed E-state index contributed by atoms with van der Waals surface area (Å²) in [5, 5.41) is 0. The van der Waals surface area contributed by atoms with Gasteiger partial charge in [-0.3, -0.25) is 0 Å². The van der Waals surface area contributed by atoms with E-state index < -0.39 is 0 Å². The minimum absolute atomic E-state index is 0.657. The summed E-state index contributed by atoms with van der Waals surface area (Å²) in [6.07, 6.45) is 1.69. The summed E-state index contributed by atoms with van der Waals surface area (Å²) < 4.78 is 5.49. The van der Waals surface area contributed by atoms with E-state index in [1.807, 2.05) is 78.9 Å². The molecule has 0 radical (unpaired) electrons. The fourth-order valence-electron chi connectivity index (χ4n) is 2.26. The van der Waals surface area contributed by atoms with Crippen molar-refractivity contribution in [2.75, 3.05) is 0 Å². The molecular formula is C22H19NO. The van der Waals surface area contributed by atoms with Gasteiger partial charge in [-0.25, -0.2) is 4.98 Å². The lowest BCUT2D eigenvalue weighted by Gasteiger charge is -1.93. The zero-order valence-electron chi connectivity index (χ0n) is 13.6. The maximum atomic E-state index is 5.49. The molecule has 1 aromatic heterocycles. The van der Waals surface area contributed by atoms with Crippen LogP contribution in [0.25, 0.3) is 22.7 Å². The van der Waals surface area contributed by atoms with Gasteiger partial charge in [-0.15, -0.1) is 0 Å². The monoisotopic (exact) mass is 313 g/mol. The molecule has 0 aliphatic heterocycles. The van der Waals surface area contributed by atoms with Gasteiger partial charge in [-0.1, -0.05) is 84.4 Å². The predicted molar refractivity (Wildman–Crippen MR) is 98.6 cm³/mol. The Hall–Kier alpha value is -3.13. The van der Waals surface area contributed by atoms with E-state index in [4.69, 9.17) is 4.42 Å². The number of nitrogens with zero attached hydrogens (tertiary/aromatic N) is 1. The first-order valence-electron chi connectivity index (χ1n) is 7.91. The van der Waals surface area contributed by atoms with Crippen molar-refractivity contribution in [2.24, 2.45) is 0 Å². The van der Waals surface area contributed by atoms with Gasteiger partial charge in [0.25, 0.3) is 0 Å². The molecule has 2 heteroatoms. The number of rotatable bonds is 2. The third-order valence-electron chi connectivity index (χ3n) is 3.53. The summed E-state index contributed by atoms with van der Waals surface area (Å²) in [6.45, 7) is 2.08. The van der Waals surface area contributed by atoms with Gasteiger partial charge < -0.3 is 4.42 Å². The molecule has 0 aliphatic rings. The Kier molecular flexibility index (Phi) is 5.21. The average Bonchev–Trinajstić information content (AvgIpc) is 3.15. The number of hydrogen-bond acceptors (Lipinski definition) is 2. The highest BCUT2D eigenvalue weighted by molar-refractivity contribution is 5.62. The number of oxazole rings is 1. The first kappa shape index (κ1) is 15.8. The van der Waals surface area contributed by atoms with Gasteiger partial charge in [0.05, 0.1) is 0 Å². The van der Waals surface area contributed by atoms with Crippen LogP contribution in [-0.4, -0.2) is 4.98 Å². The molecule has 0 unspecified atom stereocenters. The molecule has 0 fully saturated rings. The summed E-state index contributed by atoms with van der Waals surface area (Å²) >= 11 is 0. The molecule has 4 rings (SSSR count).